The van der Waals surface area contributed by atoms with E-state index in [4.69, 9.17) is 4.98 Å². The van der Waals surface area contributed by atoms with Gasteiger partial charge in [-0.2, -0.15) is 0 Å². The summed E-state index contributed by atoms with van der Waals surface area (Å²) in [6, 6.07) is 22.4. The summed E-state index contributed by atoms with van der Waals surface area (Å²) in [6.07, 6.45) is 1.86. The summed E-state index contributed by atoms with van der Waals surface area (Å²) in [5.41, 5.74) is 10.7. The van der Waals surface area contributed by atoms with Crippen LogP contribution >= 0.6 is 11.3 Å². The zero-order valence-electron chi connectivity index (χ0n) is 21.6. The number of nitrogens with one attached hydrogen (secondary N) is 1. The fourth-order valence-corrected chi connectivity index (χ4v) is 5.64. The molecule has 0 spiro atoms. The lowest BCUT2D eigenvalue weighted by atomic mass is 9.97. The molecule has 3 heterocycles. The van der Waals surface area contributed by atoms with Crippen molar-refractivity contribution >= 4 is 32.9 Å². The van der Waals surface area contributed by atoms with Crippen molar-refractivity contribution in [2.24, 2.45) is 0 Å². The fourth-order valence-electron chi connectivity index (χ4n) is 4.92. The molecule has 1 saturated heterocycles. The van der Waals surface area contributed by atoms with Gasteiger partial charge in [0, 0.05) is 49.5 Å². The number of aryl methyl sites for hydroxylation is 1. The summed E-state index contributed by atoms with van der Waals surface area (Å²) in [6.45, 7) is 6.82. The molecule has 0 unspecified atom stereocenters. The molecule has 1 N–H and O–H groups in total. The largest absolute Gasteiger partial charge is 0.380 e. The summed E-state index contributed by atoms with van der Waals surface area (Å²) < 4.78 is 15.1. The number of halogens is 1. The zero-order valence-corrected chi connectivity index (χ0v) is 22.4. The number of nitrogens with zero attached hydrogens (tertiary/aromatic N) is 4. The molecule has 1 aliphatic rings. The maximum Gasteiger partial charge on any atom is 0.126 e. The summed E-state index contributed by atoms with van der Waals surface area (Å²) in [5, 5.41) is 3.55. The van der Waals surface area contributed by atoms with Gasteiger partial charge in [-0.15, -0.1) is 11.3 Å². The quantitative estimate of drug-likeness (QED) is 0.264. The van der Waals surface area contributed by atoms with Gasteiger partial charge in [0.15, 0.2) is 0 Å². The number of likely N-dealkylation sites (N-methyl/N-ethyl adjacent to an activating group) is 1. The molecule has 38 heavy (non-hydrogen) atoms. The van der Waals surface area contributed by atoms with Gasteiger partial charge in [0.05, 0.1) is 33.3 Å². The predicted molar refractivity (Wildman–Crippen MR) is 156 cm³/mol. The van der Waals surface area contributed by atoms with E-state index in [1.165, 1.54) is 17.3 Å². The maximum atomic E-state index is 14.0. The molecule has 0 bridgehead atoms. The predicted octanol–water partition coefficient (Wildman–Crippen LogP) is 6.84. The monoisotopic (exact) mass is 523 g/mol. The molecule has 0 saturated carbocycles. The lowest BCUT2D eigenvalue weighted by Crippen LogP contribution is -2.44. The Morgan fingerprint density at radius 1 is 0.895 bits per heavy atom. The Kier molecular flexibility index (Phi) is 6.79. The fraction of sp³-hybridized carbons (Fsp3) is 0.226. The van der Waals surface area contributed by atoms with Gasteiger partial charge < -0.3 is 15.1 Å². The van der Waals surface area contributed by atoms with Gasteiger partial charge in [0.2, 0.25) is 0 Å². The molecule has 5 nitrogen and oxygen atoms in total. The van der Waals surface area contributed by atoms with Crippen molar-refractivity contribution < 1.29 is 4.39 Å². The third-order valence-corrected chi connectivity index (χ3v) is 8.05. The third-order valence-electron chi connectivity index (χ3n) is 7.26. The smallest absolute Gasteiger partial charge is 0.126 e. The SMILES string of the molecule is Cc1cc(-c2ncc(NCc3ccc(N4CCN(C)CC4)cc3)cc2-c2ccc3ncsc3c2)ccc1F. The van der Waals surface area contributed by atoms with E-state index < -0.39 is 0 Å². The Morgan fingerprint density at radius 2 is 1.68 bits per heavy atom. The molecular weight excluding hydrogens is 493 g/mol. The molecule has 0 amide bonds. The number of benzene rings is 3. The van der Waals surface area contributed by atoms with Gasteiger partial charge in [0.1, 0.15) is 5.82 Å². The van der Waals surface area contributed by atoms with Crippen LogP contribution in [0.2, 0.25) is 0 Å². The molecule has 1 fully saturated rings. The maximum absolute atomic E-state index is 14.0. The minimum Gasteiger partial charge on any atom is -0.380 e. The van der Waals surface area contributed by atoms with Gasteiger partial charge in [0.25, 0.3) is 0 Å². The molecule has 7 heteroatoms. The van der Waals surface area contributed by atoms with Gasteiger partial charge in [-0.1, -0.05) is 18.2 Å². The van der Waals surface area contributed by atoms with Crippen LogP contribution in [0.3, 0.4) is 0 Å². The Bertz CT molecular complexity index is 1570. The second-order valence-electron chi connectivity index (χ2n) is 9.93. The Hall–Kier alpha value is -3.81. The highest BCUT2D eigenvalue weighted by molar-refractivity contribution is 7.16. The summed E-state index contributed by atoms with van der Waals surface area (Å²) >= 11 is 1.62. The summed E-state index contributed by atoms with van der Waals surface area (Å²) in [5.74, 6) is -0.210. The summed E-state index contributed by atoms with van der Waals surface area (Å²) in [4.78, 5) is 14.1. The van der Waals surface area contributed by atoms with Gasteiger partial charge in [-0.05, 0) is 79.2 Å². The third kappa shape index (κ3) is 5.12. The van der Waals surface area contributed by atoms with Crippen molar-refractivity contribution in [1.82, 2.24) is 14.9 Å². The minimum atomic E-state index is -0.210. The van der Waals surface area contributed by atoms with Gasteiger partial charge in [-0.25, -0.2) is 9.37 Å². The first kappa shape index (κ1) is 24.5. The van der Waals surface area contributed by atoms with E-state index >= 15 is 0 Å². The van der Waals surface area contributed by atoms with Gasteiger partial charge in [-0.3, -0.25) is 4.98 Å². The van der Waals surface area contributed by atoms with Crippen LogP contribution in [0, 0.1) is 12.7 Å². The highest BCUT2D eigenvalue weighted by atomic mass is 32.1. The van der Waals surface area contributed by atoms with Crippen molar-refractivity contribution in [3.8, 4) is 22.4 Å². The number of aromatic nitrogens is 2. The van der Waals surface area contributed by atoms with E-state index in [1.807, 2.05) is 23.8 Å². The highest BCUT2D eigenvalue weighted by Crippen LogP contribution is 2.35. The van der Waals surface area contributed by atoms with Gasteiger partial charge >= 0.3 is 0 Å². The molecule has 5 aromatic rings. The molecule has 3 aromatic carbocycles. The Balaban J connectivity index is 1.27. The van der Waals surface area contributed by atoms with E-state index in [9.17, 15) is 4.39 Å². The van der Waals surface area contributed by atoms with E-state index in [1.54, 1.807) is 24.3 Å². The standard InChI is InChI=1S/C31H30FN5S/c1-21-15-24(5-9-28(21)32)31-27(23-6-10-29-30(16-23)38-20-35-29)17-25(19-34-31)33-18-22-3-7-26(8-4-22)37-13-11-36(2)12-14-37/h3-10,15-17,19-20,33H,11-14,18H2,1-2H3. The number of pyridine rings is 1. The molecule has 0 atom stereocenters. The Labute approximate surface area is 226 Å². The molecule has 0 aliphatic carbocycles. The van der Waals surface area contributed by atoms with Crippen LogP contribution in [0.1, 0.15) is 11.1 Å². The number of fused-ring (bicyclic) bond motifs is 1. The molecule has 192 valence electrons. The van der Waals surface area contributed by atoms with Crippen molar-refractivity contribution in [2.75, 3.05) is 43.4 Å². The zero-order chi connectivity index (χ0) is 26.1. The molecule has 2 aromatic heterocycles. The molecule has 6 rings (SSSR count). The van der Waals surface area contributed by atoms with Crippen LogP contribution < -0.4 is 10.2 Å². The minimum absolute atomic E-state index is 0.210. The Morgan fingerprint density at radius 3 is 2.47 bits per heavy atom. The van der Waals surface area contributed by atoms with Crippen LogP contribution in [0.25, 0.3) is 32.6 Å². The van der Waals surface area contributed by atoms with Crippen molar-refractivity contribution in [3.05, 3.63) is 95.4 Å². The summed E-state index contributed by atoms with van der Waals surface area (Å²) in [7, 11) is 2.18. The van der Waals surface area contributed by atoms with E-state index in [-0.39, 0.29) is 5.82 Å². The number of thiazole rings is 1. The second-order valence-corrected chi connectivity index (χ2v) is 10.8. The molecule has 1 aliphatic heterocycles. The first-order valence-corrected chi connectivity index (χ1v) is 13.8. The van der Waals surface area contributed by atoms with Crippen molar-refractivity contribution in [3.63, 3.8) is 0 Å². The first-order valence-electron chi connectivity index (χ1n) is 12.9. The molecule has 0 radical (unpaired) electrons. The average Bonchev–Trinajstić information content (AvgIpc) is 3.42. The number of hydrogen-bond acceptors (Lipinski definition) is 6. The number of rotatable bonds is 6. The van der Waals surface area contributed by atoms with Crippen LogP contribution in [0.4, 0.5) is 15.8 Å². The van der Waals surface area contributed by atoms with Crippen molar-refractivity contribution in [2.45, 2.75) is 13.5 Å². The highest BCUT2D eigenvalue weighted by Gasteiger charge is 2.15. The first-order chi connectivity index (χ1) is 18.5. The van der Waals surface area contributed by atoms with Crippen LogP contribution in [0.5, 0.6) is 0 Å². The topological polar surface area (TPSA) is 44.3 Å². The lowest BCUT2D eigenvalue weighted by Gasteiger charge is -2.34. The van der Waals surface area contributed by atoms with E-state index in [2.05, 4.69) is 69.6 Å². The number of piperazine rings is 1. The normalized spacial score (nSPS) is 14.2. The van der Waals surface area contributed by atoms with Crippen LogP contribution in [-0.4, -0.2) is 48.1 Å². The van der Waals surface area contributed by atoms with Crippen molar-refractivity contribution in [1.29, 1.82) is 0 Å². The lowest BCUT2D eigenvalue weighted by molar-refractivity contribution is 0.313. The average molecular weight is 524 g/mol. The van der Waals surface area contributed by atoms with Crippen LogP contribution in [0.15, 0.2) is 78.4 Å². The number of anilines is 2. The second kappa shape index (κ2) is 10.5. The van der Waals surface area contributed by atoms with E-state index in [0.717, 1.165) is 64.5 Å². The van der Waals surface area contributed by atoms with Crippen LogP contribution in [-0.2, 0) is 6.54 Å². The molecular formula is C31H30FN5S. The van der Waals surface area contributed by atoms with E-state index in [0.29, 0.717) is 12.1 Å². The number of hydrogen-bond donors (Lipinski definition) is 1.